The van der Waals surface area contributed by atoms with Crippen LogP contribution in [0.15, 0.2) is 58.1 Å². The molecule has 1 heterocycles. The molecule has 0 fully saturated rings. The number of benzene rings is 2. The maximum absolute atomic E-state index is 12.8. The summed E-state index contributed by atoms with van der Waals surface area (Å²) in [5.74, 6) is -0.255. The van der Waals surface area contributed by atoms with Crippen molar-refractivity contribution in [2.45, 2.75) is 18.7 Å². The number of anilines is 1. The van der Waals surface area contributed by atoms with Gasteiger partial charge in [-0.05, 0) is 31.4 Å². The van der Waals surface area contributed by atoms with Gasteiger partial charge in [-0.15, -0.1) is 0 Å². The Bertz CT molecular complexity index is 1160. The van der Waals surface area contributed by atoms with Gasteiger partial charge in [0.15, 0.2) is 9.84 Å². The normalized spacial score (nSPS) is 11.8. The highest BCUT2D eigenvalue weighted by atomic mass is 32.2. The third-order valence-corrected chi connectivity index (χ3v) is 6.08. The van der Waals surface area contributed by atoms with Gasteiger partial charge in [0.2, 0.25) is 5.88 Å². The van der Waals surface area contributed by atoms with Gasteiger partial charge in [-0.1, -0.05) is 35.5 Å². The average molecular weight is 400 g/mol. The number of nitrogens with one attached hydrogen (secondary N) is 1. The molecule has 0 aliphatic heterocycles. The van der Waals surface area contributed by atoms with E-state index in [-0.39, 0.29) is 10.6 Å². The first kappa shape index (κ1) is 19.6. The molecule has 146 valence electrons. The lowest BCUT2D eigenvalue weighted by molar-refractivity contribution is 0.0603. The maximum atomic E-state index is 12.8. The molecule has 0 aliphatic carbocycles. The average Bonchev–Trinajstić information content (AvgIpc) is 3.01. The number of methoxy groups -OCH3 is 1. The number of aryl methyl sites for hydroxylation is 1. The van der Waals surface area contributed by atoms with E-state index in [1.54, 1.807) is 30.3 Å². The fourth-order valence-electron chi connectivity index (χ4n) is 2.79. The molecule has 0 atom stereocenters. The summed E-state index contributed by atoms with van der Waals surface area (Å²) in [4.78, 5) is 12.1. The van der Waals surface area contributed by atoms with Crippen molar-refractivity contribution in [3.8, 4) is 0 Å². The van der Waals surface area contributed by atoms with Crippen molar-refractivity contribution >= 4 is 32.5 Å². The Kier molecular flexibility index (Phi) is 5.51. The number of aromatic nitrogens is 1. The number of nitrogens with zero attached hydrogens (tertiary/aromatic N) is 1. The van der Waals surface area contributed by atoms with E-state index in [4.69, 9.17) is 9.26 Å². The van der Waals surface area contributed by atoms with Crippen LogP contribution < -0.4 is 5.32 Å². The molecule has 0 amide bonds. The van der Waals surface area contributed by atoms with E-state index in [1.165, 1.54) is 25.5 Å². The molecule has 1 N–H and O–H groups in total. The van der Waals surface area contributed by atoms with E-state index in [0.717, 1.165) is 11.3 Å². The maximum Gasteiger partial charge on any atom is 0.338 e. The monoisotopic (exact) mass is 400 g/mol. The van der Waals surface area contributed by atoms with Gasteiger partial charge in [-0.2, -0.15) is 0 Å². The summed E-state index contributed by atoms with van der Waals surface area (Å²) in [6.07, 6.45) is 3.01. The first-order chi connectivity index (χ1) is 13.3. The Morgan fingerprint density at radius 1 is 1.18 bits per heavy atom. The number of esters is 1. The highest BCUT2D eigenvalue weighted by Crippen LogP contribution is 2.27. The molecule has 28 heavy (non-hydrogen) atoms. The molecule has 2 aromatic carbocycles. The van der Waals surface area contributed by atoms with Crippen LogP contribution in [0.4, 0.5) is 5.88 Å². The fourth-order valence-corrected chi connectivity index (χ4v) is 4.12. The largest absolute Gasteiger partial charge is 0.465 e. The van der Waals surface area contributed by atoms with E-state index < -0.39 is 15.8 Å². The zero-order valence-corrected chi connectivity index (χ0v) is 16.5. The van der Waals surface area contributed by atoms with Crippen molar-refractivity contribution in [1.82, 2.24) is 5.16 Å². The van der Waals surface area contributed by atoms with Crippen LogP contribution in [0.25, 0.3) is 10.8 Å². The lowest BCUT2D eigenvalue weighted by Crippen LogP contribution is -2.07. The van der Waals surface area contributed by atoms with Gasteiger partial charge in [0.05, 0.1) is 29.0 Å². The van der Waals surface area contributed by atoms with Gasteiger partial charge in [0.1, 0.15) is 0 Å². The van der Waals surface area contributed by atoms with Gasteiger partial charge in [-0.3, -0.25) is 0 Å². The third kappa shape index (κ3) is 3.77. The summed E-state index contributed by atoms with van der Waals surface area (Å²) in [6.45, 7) is 3.68. The molecule has 7 nitrogen and oxygen atoms in total. The summed E-state index contributed by atoms with van der Waals surface area (Å²) >= 11 is 0. The lowest BCUT2D eigenvalue weighted by atomic mass is 10.0. The molecule has 0 saturated carbocycles. The molecule has 0 bridgehead atoms. The van der Waals surface area contributed by atoms with Gasteiger partial charge in [0, 0.05) is 17.1 Å². The molecule has 0 spiro atoms. The highest BCUT2D eigenvalue weighted by Gasteiger charge is 2.19. The Labute approximate surface area is 162 Å². The zero-order chi connectivity index (χ0) is 20.3. The van der Waals surface area contributed by atoms with E-state index >= 15 is 0 Å². The molecule has 1 aromatic heterocycles. The molecular weight excluding hydrogens is 380 g/mol. The van der Waals surface area contributed by atoms with Crippen LogP contribution in [0.2, 0.25) is 0 Å². The van der Waals surface area contributed by atoms with Gasteiger partial charge >= 0.3 is 5.97 Å². The smallest absolute Gasteiger partial charge is 0.338 e. The van der Waals surface area contributed by atoms with Crippen molar-refractivity contribution < 1.29 is 22.5 Å². The van der Waals surface area contributed by atoms with Crippen LogP contribution in [0.3, 0.4) is 0 Å². The van der Waals surface area contributed by atoms with Crippen LogP contribution in [0.1, 0.15) is 21.6 Å². The quantitative estimate of drug-likeness (QED) is 0.631. The van der Waals surface area contributed by atoms with Crippen molar-refractivity contribution in [3.63, 3.8) is 0 Å². The first-order valence-electron chi connectivity index (χ1n) is 8.52. The topological polar surface area (TPSA) is 98.5 Å². The minimum atomic E-state index is -3.62. The molecule has 0 radical (unpaired) electrons. The zero-order valence-electron chi connectivity index (χ0n) is 15.7. The van der Waals surface area contributed by atoms with Gasteiger partial charge in [-0.25, -0.2) is 13.2 Å². The standard InChI is InChI=1S/C20H20N2O5S/c1-13-14(2)22-27-19(13)21-11-6-12-28(24,25)18-10-5-7-15-16(18)8-4-9-17(15)20(23)26-3/h4-11,21H,12H2,1-3H3. The Morgan fingerprint density at radius 2 is 1.89 bits per heavy atom. The number of sulfone groups is 1. The third-order valence-electron chi connectivity index (χ3n) is 4.43. The molecule has 3 aromatic rings. The number of rotatable bonds is 6. The van der Waals surface area contributed by atoms with E-state index in [9.17, 15) is 13.2 Å². The predicted octanol–water partition coefficient (Wildman–Crippen LogP) is 3.63. The summed E-state index contributed by atoms with van der Waals surface area (Å²) in [5, 5.41) is 7.73. The van der Waals surface area contributed by atoms with E-state index in [1.807, 2.05) is 13.8 Å². The number of hydrogen-bond acceptors (Lipinski definition) is 7. The lowest BCUT2D eigenvalue weighted by Gasteiger charge is -2.09. The number of hydrogen-bond donors (Lipinski definition) is 1. The number of fused-ring (bicyclic) bond motifs is 1. The van der Waals surface area contributed by atoms with Crippen LogP contribution in [0, 0.1) is 13.8 Å². The molecule has 0 saturated heterocycles. The van der Waals surface area contributed by atoms with E-state index in [2.05, 4.69) is 10.5 Å². The Hall–Kier alpha value is -3.13. The summed E-state index contributed by atoms with van der Waals surface area (Å²) < 4.78 is 35.6. The molecule has 0 aliphatic rings. The summed E-state index contributed by atoms with van der Waals surface area (Å²) in [5.41, 5.74) is 1.95. The van der Waals surface area contributed by atoms with Gasteiger partial charge in [0.25, 0.3) is 0 Å². The Balaban J connectivity index is 1.87. The van der Waals surface area contributed by atoms with Crippen LogP contribution in [-0.4, -0.2) is 32.4 Å². The number of carbonyl (C=O) groups is 1. The molecular formula is C20H20N2O5S. The summed E-state index contributed by atoms with van der Waals surface area (Å²) in [6, 6.07) is 9.77. The molecule has 8 heteroatoms. The van der Waals surface area contributed by atoms with Crippen molar-refractivity contribution in [1.29, 1.82) is 0 Å². The van der Waals surface area contributed by atoms with E-state index in [0.29, 0.717) is 22.2 Å². The number of carbonyl (C=O) groups excluding carboxylic acids is 1. The SMILES string of the molecule is COC(=O)c1cccc2c(S(=O)(=O)CC=CNc3onc(C)c3C)cccc12. The minimum Gasteiger partial charge on any atom is -0.465 e. The Morgan fingerprint density at radius 3 is 2.57 bits per heavy atom. The van der Waals surface area contributed by atoms with Crippen molar-refractivity contribution in [2.24, 2.45) is 0 Å². The second-order valence-corrected chi connectivity index (χ2v) is 8.20. The molecule has 3 rings (SSSR count). The van der Waals surface area contributed by atoms with Crippen molar-refractivity contribution in [3.05, 3.63) is 65.5 Å². The van der Waals surface area contributed by atoms with Crippen LogP contribution in [-0.2, 0) is 14.6 Å². The predicted molar refractivity (Wildman–Crippen MR) is 106 cm³/mol. The van der Waals surface area contributed by atoms with Crippen molar-refractivity contribution in [2.75, 3.05) is 18.2 Å². The minimum absolute atomic E-state index is 0.159. The highest BCUT2D eigenvalue weighted by molar-refractivity contribution is 7.91. The second kappa shape index (κ2) is 7.85. The van der Waals surface area contributed by atoms with Gasteiger partial charge < -0.3 is 14.6 Å². The summed E-state index contributed by atoms with van der Waals surface area (Å²) in [7, 11) is -2.33. The first-order valence-corrected chi connectivity index (χ1v) is 10.2. The fraction of sp³-hybridized carbons (Fsp3) is 0.200. The number of ether oxygens (including phenoxy) is 1. The second-order valence-electron chi connectivity index (χ2n) is 6.20. The molecule has 0 unspecified atom stereocenters. The van der Waals surface area contributed by atoms with Crippen LogP contribution in [0.5, 0.6) is 0 Å². The van der Waals surface area contributed by atoms with Crippen LogP contribution >= 0.6 is 0 Å².